The van der Waals surface area contributed by atoms with Gasteiger partial charge in [-0.3, -0.25) is 9.20 Å². The zero-order valence-corrected chi connectivity index (χ0v) is 19.5. The third kappa shape index (κ3) is 4.26. The summed E-state index contributed by atoms with van der Waals surface area (Å²) in [6.07, 6.45) is 4.79. The summed E-state index contributed by atoms with van der Waals surface area (Å²) in [6, 6.07) is 17.3. The van der Waals surface area contributed by atoms with Crippen molar-refractivity contribution < 1.29 is 13.2 Å². The summed E-state index contributed by atoms with van der Waals surface area (Å²) in [7, 11) is -3.85. The van der Waals surface area contributed by atoms with E-state index < -0.39 is 10.0 Å². The molecule has 11 heteroatoms. The molecule has 0 saturated carbocycles. The average Bonchev–Trinajstić information content (AvgIpc) is 3.40. The molecule has 0 spiro atoms. The van der Waals surface area contributed by atoms with E-state index in [9.17, 15) is 13.2 Å². The number of hydrogen-bond acceptors (Lipinski definition) is 7. The largest absolute Gasteiger partial charge is 0.321 e. The van der Waals surface area contributed by atoms with E-state index in [1.54, 1.807) is 6.07 Å². The Morgan fingerprint density at radius 1 is 0.971 bits per heavy atom. The highest BCUT2D eigenvalue weighted by Crippen LogP contribution is 2.28. The molecule has 5 aromatic rings. The van der Waals surface area contributed by atoms with Crippen molar-refractivity contribution in [3.8, 4) is 11.3 Å². The fourth-order valence-corrected chi connectivity index (χ4v) is 5.31. The van der Waals surface area contributed by atoms with Crippen molar-refractivity contribution in [3.05, 3.63) is 89.8 Å². The van der Waals surface area contributed by atoms with E-state index in [1.165, 1.54) is 48.0 Å². The van der Waals surface area contributed by atoms with Gasteiger partial charge in [0.25, 0.3) is 15.9 Å². The van der Waals surface area contributed by atoms with Gasteiger partial charge >= 0.3 is 0 Å². The number of sulfonamides is 1. The molecule has 0 bridgehead atoms. The van der Waals surface area contributed by atoms with Crippen molar-refractivity contribution >= 4 is 43.9 Å². The van der Waals surface area contributed by atoms with Crippen LogP contribution >= 0.6 is 11.3 Å². The molecule has 2 N–H and O–H groups in total. The van der Waals surface area contributed by atoms with Gasteiger partial charge in [0.05, 0.1) is 10.6 Å². The number of benzene rings is 2. The minimum absolute atomic E-state index is 0.0199. The molecule has 0 saturated heterocycles. The third-order valence-electron chi connectivity index (χ3n) is 5.05. The first kappa shape index (κ1) is 21.7. The van der Waals surface area contributed by atoms with Crippen LogP contribution in [0.2, 0.25) is 0 Å². The highest BCUT2D eigenvalue weighted by molar-refractivity contribution is 7.92. The Balaban J connectivity index is 1.32. The molecule has 5 rings (SSSR count). The van der Waals surface area contributed by atoms with Crippen molar-refractivity contribution in [2.45, 2.75) is 11.8 Å². The molecule has 0 aliphatic heterocycles. The van der Waals surface area contributed by atoms with E-state index in [4.69, 9.17) is 0 Å². The van der Waals surface area contributed by atoms with Crippen molar-refractivity contribution in [2.75, 3.05) is 10.0 Å². The maximum atomic E-state index is 12.9. The average molecular weight is 491 g/mol. The lowest BCUT2D eigenvalue weighted by Crippen LogP contribution is -2.15. The van der Waals surface area contributed by atoms with Crippen LogP contribution in [0.1, 0.15) is 15.4 Å². The lowest BCUT2D eigenvalue weighted by molar-refractivity contribution is 0.102. The topological polar surface area (TPSA) is 118 Å². The van der Waals surface area contributed by atoms with Crippen LogP contribution in [-0.2, 0) is 10.0 Å². The first-order valence-electron chi connectivity index (χ1n) is 10.2. The van der Waals surface area contributed by atoms with Crippen LogP contribution in [0.25, 0.3) is 16.2 Å². The number of thiazole rings is 1. The Morgan fingerprint density at radius 2 is 1.68 bits per heavy atom. The number of hydrogen-bond donors (Lipinski definition) is 2. The van der Waals surface area contributed by atoms with Gasteiger partial charge in [-0.2, -0.15) is 0 Å². The van der Waals surface area contributed by atoms with Crippen molar-refractivity contribution in [1.29, 1.82) is 0 Å². The summed E-state index contributed by atoms with van der Waals surface area (Å²) >= 11 is 1.30. The Bertz CT molecular complexity index is 1580. The number of rotatable bonds is 6. The second kappa shape index (κ2) is 8.69. The molecule has 170 valence electrons. The number of nitrogens with zero attached hydrogens (tertiary/aromatic N) is 4. The van der Waals surface area contributed by atoms with Crippen molar-refractivity contribution in [1.82, 2.24) is 19.4 Å². The molecule has 1 amide bonds. The molecule has 9 nitrogen and oxygen atoms in total. The first-order valence-corrected chi connectivity index (χ1v) is 12.5. The standard InChI is InChI=1S/C23H18N6O3S2/c1-15-20(33-23-27-19(14-29(15)23)16-6-3-2-4-7-16)21(30)26-17-8-10-18(11-9-17)34(31,32)28-22-24-12-5-13-25-22/h2-14H,1H3,(H,26,30)(H,24,25,28). The van der Waals surface area contributed by atoms with Gasteiger partial charge in [0.1, 0.15) is 4.88 Å². The lowest BCUT2D eigenvalue weighted by Gasteiger charge is -2.08. The number of carbonyl (C=O) groups is 1. The highest BCUT2D eigenvalue weighted by Gasteiger charge is 2.19. The van der Waals surface area contributed by atoms with Crippen molar-refractivity contribution in [2.24, 2.45) is 0 Å². The summed E-state index contributed by atoms with van der Waals surface area (Å²) in [6.45, 7) is 1.86. The van der Waals surface area contributed by atoms with Crippen LogP contribution in [0.5, 0.6) is 0 Å². The summed E-state index contributed by atoms with van der Waals surface area (Å²) < 4.78 is 29.2. The van der Waals surface area contributed by atoms with Gasteiger partial charge in [0.15, 0.2) is 4.96 Å². The highest BCUT2D eigenvalue weighted by atomic mass is 32.2. The minimum Gasteiger partial charge on any atom is -0.321 e. The fraction of sp³-hybridized carbons (Fsp3) is 0.0435. The smallest absolute Gasteiger partial charge is 0.267 e. The molecule has 3 aromatic heterocycles. The molecule has 34 heavy (non-hydrogen) atoms. The van der Waals surface area contributed by atoms with Gasteiger partial charge in [-0.1, -0.05) is 41.7 Å². The number of nitrogens with one attached hydrogen (secondary N) is 2. The molecule has 0 radical (unpaired) electrons. The van der Waals surface area contributed by atoms with Gasteiger partial charge in [-0.15, -0.1) is 0 Å². The second-order valence-electron chi connectivity index (χ2n) is 7.32. The molecule has 3 heterocycles. The maximum absolute atomic E-state index is 12.9. The molecular formula is C23H18N6O3S2. The third-order valence-corrected chi connectivity index (χ3v) is 7.55. The van der Waals surface area contributed by atoms with Crippen LogP contribution in [-0.4, -0.2) is 33.7 Å². The van der Waals surface area contributed by atoms with Crippen LogP contribution in [0.3, 0.4) is 0 Å². The Hall–Kier alpha value is -4.09. The van der Waals surface area contributed by atoms with E-state index >= 15 is 0 Å². The van der Waals surface area contributed by atoms with Crippen molar-refractivity contribution in [3.63, 3.8) is 0 Å². The van der Waals surface area contributed by atoms with E-state index in [0.29, 0.717) is 10.6 Å². The summed E-state index contributed by atoms with van der Waals surface area (Å²) in [4.78, 5) is 26.5. The molecule has 0 fully saturated rings. The molecule has 0 unspecified atom stereocenters. The molecule has 0 aliphatic carbocycles. The number of amides is 1. The van der Waals surface area contributed by atoms with Gasteiger partial charge < -0.3 is 5.32 Å². The first-order chi connectivity index (χ1) is 16.4. The van der Waals surface area contributed by atoms with E-state index in [0.717, 1.165) is 21.9 Å². The normalized spacial score (nSPS) is 11.4. The molecule has 2 aromatic carbocycles. The van der Waals surface area contributed by atoms with Gasteiger partial charge in [0, 0.05) is 35.5 Å². The molecule has 0 atom stereocenters. The van der Waals surface area contributed by atoms with Crippen LogP contribution < -0.4 is 10.0 Å². The quantitative estimate of drug-likeness (QED) is 0.368. The Labute approximate surface area is 199 Å². The monoisotopic (exact) mass is 490 g/mol. The predicted molar refractivity (Wildman–Crippen MR) is 130 cm³/mol. The lowest BCUT2D eigenvalue weighted by atomic mass is 10.2. The Morgan fingerprint density at radius 3 is 2.35 bits per heavy atom. The van der Waals surface area contributed by atoms with Crippen LogP contribution in [0.4, 0.5) is 11.6 Å². The number of aromatic nitrogens is 4. The van der Waals surface area contributed by atoms with Crippen LogP contribution in [0.15, 0.2) is 84.1 Å². The number of anilines is 2. The zero-order chi connectivity index (χ0) is 23.7. The maximum Gasteiger partial charge on any atom is 0.267 e. The molecule has 0 aliphatic rings. The van der Waals surface area contributed by atoms with E-state index in [-0.39, 0.29) is 16.8 Å². The van der Waals surface area contributed by atoms with Gasteiger partial charge in [-0.05, 0) is 37.3 Å². The van der Waals surface area contributed by atoms with Gasteiger partial charge in [0.2, 0.25) is 5.95 Å². The minimum atomic E-state index is -3.85. The second-order valence-corrected chi connectivity index (χ2v) is 9.98. The molecular weight excluding hydrogens is 472 g/mol. The van der Waals surface area contributed by atoms with Gasteiger partial charge in [-0.25, -0.2) is 28.1 Å². The van der Waals surface area contributed by atoms with E-state index in [2.05, 4.69) is 25.0 Å². The number of carbonyl (C=O) groups excluding carboxylic acids is 1. The fourth-order valence-electron chi connectivity index (χ4n) is 3.34. The zero-order valence-electron chi connectivity index (χ0n) is 17.8. The number of aryl methyl sites for hydroxylation is 1. The van der Waals surface area contributed by atoms with E-state index in [1.807, 2.05) is 47.9 Å². The summed E-state index contributed by atoms with van der Waals surface area (Å²) in [5, 5.41) is 2.81. The predicted octanol–water partition coefficient (Wildman–Crippen LogP) is 4.21. The summed E-state index contributed by atoms with van der Waals surface area (Å²) in [5.41, 5.74) is 3.09. The number of fused-ring (bicyclic) bond motifs is 1. The van der Waals surface area contributed by atoms with Crippen LogP contribution in [0, 0.1) is 6.92 Å². The summed E-state index contributed by atoms with van der Waals surface area (Å²) in [5.74, 6) is -0.311. The number of imidazole rings is 1. The SMILES string of the molecule is Cc1c(C(=O)Nc2ccc(S(=O)(=O)Nc3ncccn3)cc2)sc2nc(-c3ccccc3)cn12. The Kier molecular flexibility index (Phi) is 5.56.